The van der Waals surface area contributed by atoms with Gasteiger partial charge in [0.25, 0.3) is 5.91 Å². The molecule has 2 aliphatic rings. The molecular formula is C18H23NO5. The molecule has 24 heavy (non-hydrogen) atoms. The lowest BCUT2D eigenvalue weighted by Crippen LogP contribution is -2.48. The van der Waals surface area contributed by atoms with Crippen LogP contribution in [0.5, 0.6) is 11.5 Å². The molecule has 6 nitrogen and oxygen atoms in total. The number of hydrogen-bond acceptors (Lipinski definition) is 5. The van der Waals surface area contributed by atoms with Gasteiger partial charge in [0.05, 0.1) is 18.3 Å². The summed E-state index contributed by atoms with van der Waals surface area (Å²) in [6, 6.07) is 5.59. The SMILES string of the molecule is CCOc1cccc2c1OCC(C(=O)NC[C@@]1(O)CCO[C@@H]1C)=C2. The minimum Gasteiger partial charge on any atom is -0.490 e. The average molecular weight is 333 g/mol. The van der Waals surface area contributed by atoms with Crippen LogP contribution in [0.1, 0.15) is 25.8 Å². The highest BCUT2D eigenvalue weighted by Crippen LogP contribution is 2.35. The van der Waals surface area contributed by atoms with E-state index in [9.17, 15) is 9.90 Å². The monoisotopic (exact) mass is 333 g/mol. The van der Waals surface area contributed by atoms with Crippen molar-refractivity contribution in [3.63, 3.8) is 0 Å². The Morgan fingerprint density at radius 2 is 2.33 bits per heavy atom. The molecule has 1 amide bonds. The highest BCUT2D eigenvalue weighted by atomic mass is 16.5. The molecule has 1 fully saturated rings. The van der Waals surface area contributed by atoms with Crippen LogP contribution in [0.3, 0.4) is 0 Å². The van der Waals surface area contributed by atoms with Crippen molar-refractivity contribution in [1.29, 1.82) is 0 Å². The van der Waals surface area contributed by atoms with Gasteiger partial charge in [-0.2, -0.15) is 0 Å². The molecule has 0 spiro atoms. The lowest BCUT2D eigenvalue weighted by molar-refractivity contribution is -0.119. The van der Waals surface area contributed by atoms with E-state index in [1.165, 1.54) is 0 Å². The number of rotatable bonds is 5. The van der Waals surface area contributed by atoms with Crippen molar-refractivity contribution in [1.82, 2.24) is 5.32 Å². The first kappa shape index (κ1) is 16.8. The van der Waals surface area contributed by atoms with E-state index in [4.69, 9.17) is 14.2 Å². The largest absolute Gasteiger partial charge is 0.490 e. The molecule has 0 saturated carbocycles. The second-order valence-corrected chi connectivity index (χ2v) is 6.12. The Morgan fingerprint density at radius 1 is 1.50 bits per heavy atom. The van der Waals surface area contributed by atoms with Crippen molar-refractivity contribution in [2.24, 2.45) is 0 Å². The minimum absolute atomic E-state index is 0.163. The van der Waals surface area contributed by atoms with Crippen LogP contribution in [0.4, 0.5) is 0 Å². The normalized spacial score (nSPS) is 25.5. The second-order valence-electron chi connectivity index (χ2n) is 6.12. The van der Waals surface area contributed by atoms with Crippen LogP contribution in [0.15, 0.2) is 23.8 Å². The number of fused-ring (bicyclic) bond motifs is 1. The maximum absolute atomic E-state index is 12.4. The molecule has 1 aromatic carbocycles. The third-order valence-electron chi connectivity index (χ3n) is 4.52. The Morgan fingerprint density at radius 3 is 3.04 bits per heavy atom. The third-order valence-corrected chi connectivity index (χ3v) is 4.52. The standard InChI is InChI=1S/C18H23NO5/c1-3-22-15-6-4-5-13-9-14(10-24-16(13)15)17(20)19-11-18(21)7-8-23-12(18)2/h4-6,9,12,21H,3,7-8,10-11H2,1-2H3,(H,19,20)/t12-,18+/m1/s1. The van der Waals surface area contributed by atoms with E-state index in [0.717, 1.165) is 5.56 Å². The Hall–Kier alpha value is -2.05. The molecule has 3 rings (SSSR count). The van der Waals surface area contributed by atoms with Crippen molar-refractivity contribution in [2.45, 2.75) is 32.0 Å². The summed E-state index contributed by atoms with van der Waals surface area (Å²) in [5.74, 6) is 1.10. The van der Waals surface area contributed by atoms with E-state index in [2.05, 4.69) is 5.32 Å². The molecule has 2 aliphatic heterocycles. The zero-order valence-corrected chi connectivity index (χ0v) is 14.0. The number of nitrogens with one attached hydrogen (secondary N) is 1. The molecule has 0 radical (unpaired) electrons. The van der Waals surface area contributed by atoms with Gasteiger partial charge in [-0.05, 0) is 26.0 Å². The smallest absolute Gasteiger partial charge is 0.250 e. The Balaban J connectivity index is 1.69. The van der Waals surface area contributed by atoms with Crippen LogP contribution < -0.4 is 14.8 Å². The van der Waals surface area contributed by atoms with Crippen molar-refractivity contribution >= 4 is 12.0 Å². The highest BCUT2D eigenvalue weighted by molar-refractivity contribution is 5.99. The summed E-state index contributed by atoms with van der Waals surface area (Å²) >= 11 is 0. The maximum Gasteiger partial charge on any atom is 0.250 e. The molecule has 1 aromatic rings. The number of para-hydroxylation sites is 1. The summed E-state index contributed by atoms with van der Waals surface area (Å²) in [5.41, 5.74) is 0.325. The van der Waals surface area contributed by atoms with Gasteiger partial charge in [-0.15, -0.1) is 0 Å². The van der Waals surface area contributed by atoms with E-state index in [1.807, 2.05) is 32.0 Å². The van der Waals surface area contributed by atoms with Crippen LogP contribution in [0.25, 0.3) is 6.08 Å². The summed E-state index contributed by atoms with van der Waals surface area (Å²) in [5, 5.41) is 13.2. The summed E-state index contributed by atoms with van der Waals surface area (Å²) in [6.07, 6.45) is 2.03. The first-order chi connectivity index (χ1) is 11.5. The predicted molar refractivity (Wildman–Crippen MR) is 89.1 cm³/mol. The Kier molecular flexibility index (Phi) is 4.78. The molecule has 2 atom stereocenters. The molecule has 0 bridgehead atoms. The van der Waals surface area contributed by atoms with E-state index in [0.29, 0.717) is 36.7 Å². The van der Waals surface area contributed by atoms with Crippen molar-refractivity contribution in [3.05, 3.63) is 29.3 Å². The summed E-state index contributed by atoms with van der Waals surface area (Å²) in [6.45, 7) is 5.12. The molecule has 130 valence electrons. The van der Waals surface area contributed by atoms with Gasteiger partial charge in [0.2, 0.25) is 0 Å². The maximum atomic E-state index is 12.4. The van der Waals surface area contributed by atoms with Gasteiger partial charge < -0.3 is 24.6 Å². The first-order valence-electron chi connectivity index (χ1n) is 8.25. The zero-order chi connectivity index (χ0) is 17.2. The van der Waals surface area contributed by atoms with E-state index in [-0.39, 0.29) is 25.2 Å². The highest BCUT2D eigenvalue weighted by Gasteiger charge is 2.39. The van der Waals surface area contributed by atoms with Crippen LogP contribution in [0.2, 0.25) is 0 Å². The number of carbonyl (C=O) groups excluding carboxylic acids is 1. The number of amides is 1. The molecule has 2 N–H and O–H groups in total. The molecule has 1 saturated heterocycles. The molecule has 0 aliphatic carbocycles. The fraction of sp³-hybridized carbons (Fsp3) is 0.500. The van der Waals surface area contributed by atoms with Crippen LogP contribution in [-0.4, -0.2) is 49.1 Å². The average Bonchev–Trinajstić information content (AvgIpc) is 2.92. The quantitative estimate of drug-likeness (QED) is 0.854. The number of hydrogen-bond donors (Lipinski definition) is 2. The second kappa shape index (κ2) is 6.83. The minimum atomic E-state index is -1.01. The fourth-order valence-electron chi connectivity index (χ4n) is 2.93. The molecule has 0 aromatic heterocycles. The van der Waals surface area contributed by atoms with Crippen LogP contribution in [0, 0.1) is 0 Å². The van der Waals surface area contributed by atoms with Crippen LogP contribution >= 0.6 is 0 Å². The number of benzene rings is 1. The Bertz CT molecular complexity index is 657. The van der Waals surface area contributed by atoms with E-state index >= 15 is 0 Å². The summed E-state index contributed by atoms with van der Waals surface area (Å²) in [7, 11) is 0. The van der Waals surface area contributed by atoms with Gasteiger partial charge >= 0.3 is 0 Å². The Labute approximate surface area is 141 Å². The predicted octanol–water partition coefficient (Wildman–Crippen LogP) is 1.52. The molecule has 2 heterocycles. The van der Waals surface area contributed by atoms with Crippen molar-refractivity contribution in [2.75, 3.05) is 26.4 Å². The van der Waals surface area contributed by atoms with Crippen molar-refractivity contribution in [3.8, 4) is 11.5 Å². The van der Waals surface area contributed by atoms with E-state index < -0.39 is 5.60 Å². The molecule has 0 unspecified atom stereocenters. The summed E-state index contributed by atoms with van der Waals surface area (Å²) in [4.78, 5) is 12.4. The van der Waals surface area contributed by atoms with Gasteiger partial charge in [-0.3, -0.25) is 4.79 Å². The van der Waals surface area contributed by atoms with Gasteiger partial charge in [-0.1, -0.05) is 12.1 Å². The van der Waals surface area contributed by atoms with Gasteiger partial charge in [-0.25, -0.2) is 0 Å². The van der Waals surface area contributed by atoms with Gasteiger partial charge in [0.15, 0.2) is 11.5 Å². The zero-order valence-electron chi connectivity index (χ0n) is 14.0. The van der Waals surface area contributed by atoms with Gasteiger partial charge in [0.1, 0.15) is 12.2 Å². The topological polar surface area (TPSA) is 77.0 Å². The van der Waals surface area contributed by atoms with Gasteiger partial charge in [0, 0.05) is 25.1 Å². The lowest BCUT2D eigenvalue weighted by atomic mass is 9.96. The molecular weight excluding hydrogens is 310 g/mol. The number of ether oxygens (including phenoxy) is 3. The van der Waals surface area contributed by atoms with Crippen molar-refractivity contribution < 1.29 is 24.1 Å². The van der Waals surface area contributed by atoms with Crippen LogP contribution in [-0.2, 0) is 9.53 Å². The number of carbonyl (C=O) groups is 1. The lowest BCUT2D eigenvalue weighted by Gasteiger charge is -2.27. The molecule has 6 heteroatoms. The third kappa shape index (κ3) is 3.25. The fourth-order valence-corrected chi connectivity index (χ4v) is 2.93. The summed E-state index contributed by atoms with van der Waals surface area (Å²) < 4.78 is 16.6. The first-order valence-corrected chi connectivity index (χ1v) is 8.25. The number of aliphatic hydroxyl groups is 1. The van der Waals surface area contributed by atoms with E-state index in [1.54, 1.807) is 6.08 Å².